The van der Waals surface area contributed by atoms with Gasteiger partial charge in [-0.3, -0.25) is 4.99 Å². The number of nitrogens with two attached hydrogens (primary N) is 1. The summed E-state index contributed by atoms with van der Waals surface area (Å²) in [5.41, 5.74) is 8.66. The SMILES string of the molecule is CCCC(CC)=Nc1ccc(N)cc1. The van der Waals surface area contributed by atoms with Gasteiger partial charge in [-0.1, -0.05) is 20.3 Å². The number of nitrogen functional groups attached to an aromatic ring is 1. The molecule has 0 bridgehead atoms. The van der Waals surface area contributed by atoms with Crippen molar-refractivity contribution in [2.45, 2.75) is 33.1 Å². The highest BCUT2D eigenvalue weighted by Crippen LogP contribution is 2.15. The molecule has 1 aromatic carbocycles. The molecule has 14 heavy (non-hydrogen) atoms. The van der Waals surface area contributed by atoms with Crippen molar-refractivity contribution in [2.24, 2.45) is 4.99 Å². The second kappa shape index (κ2) is 5.43. The number of rotatable bonds is 4. The predicted molar refractivity (Wildman–Crippen MR) is 63.1 cm³/mol. The quantitative estimate of drug-likeness (QED) is 0.572. The Morgan fingerprint density at radius 1 is 1.21 bits per heavy atom. The molecule has 0 spiro atoms. The Bertz CT molecular complexity index is 299. The topological polar surface area (TPSA) is 38.4 Å². The molecule has 0 aromatic heterocycles. The Morgan fingerprint density at radius 2 is 1.86 bits per heavy atom. The van der Waals surface area contributed by atoms with Crippen molar-refractivity contribution in [1.82, 2.24) is 0 Å². The molecule has 0 saturated carbocycles. The number of hydrogen-bond donors (Lipinski definition) is 1. The minimum atomic E-state index is 0.789. The molecule has 76 valence electrons. The molecule has 0 saturated heterocycles. The molecule has 0 radical (unpaired) electrons. The van der Waals surface area contributed by atoms with Gasteiger partial charge in [0.1, 0.15) is 0 Å². The Hall–Kier alpha value is -1.31. The average molecular weight is 190 g/mol. The molecule has 0 atom stereocenters. The van der Waals surface area contributed by atoms with Crippen molar-refractivity contribution < 1.29 is 0 Å². The van der Waals surface area contributed by atoms with E-state index in [1.54, 1.807) is 0 Å². The largest absolute Gasteiger partial charge is 0.399 e. The fourth-order valence-electron chi connectivity index (χ4n) is 1.33. The molecule has 0 aliphatic heterocycles. The highest BCUT2D eigenvalue weighted by atomic mass is 14.7. The van der Waals surface area contributed by atoms with Gasteiger partial charge in [0, 0.05) is 11.4 Å². The first-order valence-electron chi connectivity index (χ1n) is 5.18. The lowest BCUT2D eigenvalue weighted by Crippen LogP contribution is -1.93. The molecule has 2 N–H and O–H groups in total. The fraction of sp³-hybridized carbons (Fsp3) is 0.417. The van der Waals surface area contributed by atoms with Gasteiger partial charge in [-0.15, -0.1) is 0 Å². The van der Waals surface area contributed by atoms with Crippen molar-refractivity contribution in [3.63, 3.8) is 0 Å². The van der Waals surface area contributed by atoms with Crippen molar-refractivity contribution in [3.05, 3.63) is 24.3 Å². The number of aliphatic imine (C=N–C) groups is 1. The van der Waals surface area contributed by atoms with Gasteiger partial charge < -0.3 is 5.73 Å². The van der Waals surface area contributed by atoms with Gasteiger partial charge in [-0.25, -0.2) is 0 Å². The lowest BCUT2D eigenvalue weighted by Gasteiger charge is -2.01. The molecule has 0 fully saturated rings. The molecule has 1 rings (SSSR count). The van der Waals surface area contributed by atoms with E-state index in [-0.39, 0.29) is 0 Å². The summed E-state index contributed by atoms with van der Waals surface area (Å²) in [5.74, 6) is 0. The lowest BCUT2D eigenvalue weighted by atomic mass is 10.2. The summed E-state index contributed by atoms with van der Waals surface area (Å²) >= 11 is 0. The van der Waals surface area contributed by atoms with Crippen LogP contribution in [-0.2, 0) is 0 Å². The van der Waals surface area contributed by atoms with Crippen molar-refractivity contribution in [3.8, 4) is 0 Å². The normalized spacial score (nSPS) is 11.7. The van der Waals surface area contributed by atoms with E-state index < -0.39 is 0 Å². The zero-order valence-corrected chi connectivity index (χ0v) is 8.96. The zero-order chi connectivity index (χ0) is 10.4. The average Bonchev–Trinajstić information content (AvgIpc) is 2.20. The van der Waals surface area contributed by atoms with Crippen LogP contribution in [0, 0.1) is 0 Å². The summed E-state index contributed by atoms with van der Waals surface area (Å²) in [6, 6.07) is 7.69. The second-order valence-corrected chi connectivity index (χ2v) is 3.37. The molecule has 1 aromatic rings. The summed E-state index contributed by atoms with van der Waals surface area (Å²) in [6.45, 7) is 4.32. The van der Waals surface area contributed by atoms with Crippen LogP contribution in [0.15, 0.2) is 29.3 Å². The van der Waals surface area contributed by atoms with Crippen LogP contribution < -0.4 is 5.73 Å². The van der Waals surface area contributed by atoms with Gasteiger partial charge in [0.15, 0.2) is 0 Å². The van der Waals surface area contributed by atoms with E-state index in [1.807, 2.05) is 24.3 Å². The van der Waals surface area contributed by atoms with Crippen molar-refractivity contribution in [2.75, 3.05) is 5.73 Å². The standard InChI is InChI=1S/C12H18N2/c1-3-5-11(4-2)14-12-8-6-10(13)7-9-12/h6-9H,3-5,13H2,1-2H3. The molecule has 2 nitrogen and oxygen atoms in total. The Balaban J connectivity index is 2.78. The lowest BCUT2D eigenvalue weighted by molar-refractivity contribution is 0.966. The summed E-state index contributed by atoms with van der Waals surface area (Å²) in [6.07, 6.45) is 3.26. The van der Waals surface area contributed by atoms with Gasteiger partial charge in [-0.2, -0.15) is 0 Å². The Labute approximate surface area is 85.9 Å². The van der Waals surface area contributed by atoms with E-state index in [1.165, 1.54) is 5.71 Å². The fourth-order valence-corrected chi connectivity index (χ4v) is 1.33. The minimum absolute atomic E-state index is 0.789. The van der Waals surface area contributed by atoms with E-state index in [2.05, 4.69) is 18.8 Å². The number of hydrogen-bond acceptors (Lipinski definition) is 2. The molecule has 0 aliphatic rings. The molecule has 0 amide bonds. The van der Waals surface area contributed by atoms with Crippen LogP contribution in [0.4, 0.5) is 11.4 Å². The van der Waals surface area contributed by atoms with Crippen LogP contribution in [0.5, 0.6) is 0 Å². The van der Waals surface area contributed by atoms with E-state index in [4.69, 9.17) is 5.73 Å². The van der Waals surface area contributed by atoms with Crippen LogP contribution in [0.25, 0.3) is 0 Å². The highest BCUT2D eigenvalue weighted by Gasteiger charge is 1.95. The number of anilines is 1. The number of benzene rings is 1. The maximum absolute atomic E-state index is 5.60. The summed E-state index contributed by atoms with van der Waals surface area (Å²) < 4.78 is 0. The van der Waals surface area contributed by atoms with E-state index in [0.29, 0.717) is 0 Å². The monoisotopic (exact) mass is 190 g/mol. The highest BCUT2D eigenvalue weighted by molar-refractivity contribution is 5.86. The molecular weight excluding hydrogens is 172 g/mol. The Kier molecular flexibility index (Phi) is 4.17. The van der Waals surface area contributed by atoms with Gasteiger partial charge >= 0.3 is 0 Å². The minimum Gasteiger partial charge on any atom is -0.399 e. The maximum atomic E-state index is 5.60. The molecule has 0 unspecified atom stereocenters. The summed E-state index contributed by atoms with van der Waals surface area (Å²) in [5, 5.41) is 0. The second-order valence-electron chi connectivity index (χ2n) is 3.37. The van der Waals surface area contributed by atoms with Crippen molar-refractivity contribution >= 4 is 17.1 Å². The molecule has 2 heteroatoms. The smallest absolute Gasteiger partial charge is 0.0630 e. The van der Waals surface area contributed by atoms with Gasteiger partial charge in [-0.05, 0) is 37.1 Å². The number of nitrogens with zero attached hydrogens (tertiary/aromatic N) is 1. The van der Waals surface area contributed by atoms with Gasteiger partial charge in [0.05, 0.1) is 5.69 Å². The van der Waals surface area contributed by atoms with Crippen LogP contribution in [0.2, 0.25) is 0 Å². The first kappa shape index (κ1) is 10.8. The zero-order valence-electron chi connectivity index (χ0n) is 8.96. The van der Waals surface area contributed by atoms with Gasteiger partial charge in [0.25, 0.3) is 0 Å². The third-order valence-corrected chi connectivity index (χ3v) is 2.13. The van der Waals surface area contributed by atoms with Crippen LogP contribution in [0.1, 0.15) is 33.1 Å². The molecule has 0 heterocycles. The first-order chi connectivity index (χ1) is 6.76. The van der Waals surface area contributed by atoms with E-state index in [0.717, 1.165) is 30.6 Å². The molecular formula is C12H18N2. The third kappa shape index (κ3) is 3.21. The summed E-state index contributed by atoms with van der Waals surface area (Å²) in [7, 11) is 0. The van der Waals surface area contributed by atoms with Crippen LogP contribution in [0.3, 0.4) is 0 Å². The van der Waals surface area contributed by atoms with Gasteiger partial charge in [0.2, 0.25) is 0 Å². The van der Waals surface area contributed by atoms with E-state index in [9.17, 15) is 0 Å². The first-order valence-corrected chi connectivity index (χ1v) is 5.18. The summed E-state index contributed by atoms with van der Waals surface area (Å²) in [4.78, 5) is 4.57. The van der Waals surface area contributed by atoms with E-state index >= 15 is 0 Å². The third-order valence-electron chi connectivity index (χ3n) is 2.13. The van der Waals surface area contributed by atoms with Crippen molar-refractivity contribution in [1.29, 1.82) is 0 Å². The van der Waals surface area contributed by atoms with Crippen LogP contribution in [-0.4, -0.2) is 5.71 Å². The Morgan fingerprint density at radius 3 is 2.36 bits per heavy atom. The predicted octanol–water partition coefficient (Wildman–Crippen LogP) is 3.55. The van der Waals surface area contributed by atoms with Crippen LogP contribution >= 0.6 is 0 Å². The molecule has 0 aliphatic carbocycles. The maximum Gasteiger partial charge on any atom is 0.0630 e.